The molecule has 1 amide bonds. The van der Waals surface area contributed by atoms with Crippen molar-refractivity contribution in [2.24, 2.45) is 5.73 Å². The maximum atomic E-state index is 11.4. The number of fused-ring (bicyclic) bond motifs is 1. The summed E-state index contributed by atoms with van der Waals surface area (Å²) in [5, 5.41) is 0.485. The number of imidazole rings is 1. The van der Waals surface area contributed by atoms with E-state index in [2.05, 4.69) is 9.55 Å². The fraction of sp³-hybridized carbons (Fsp3) is 0.300. The lowest BCUT2D eigenvalue weighted by Crippen LogP contribution is -2.30. The third-order valence-electron chi connectivity index (χ3n) is 5.03. The summed E-state index contributed by atoms with van der Waals surface area (Å²) in [5.74, 6) is 1.36. The Bertz CT molecular complexity index is 1280. The average molecular weight is 424 g/mol. The Balaban J connectivity index is 1.68. The van der Waals surface area contributed by atoms with Crippen molar-refractivity contribution < 1.29 is 14.3 Å². The van der Waals surface area contributed by atoms with Crippen LogP contribution in [0.15, 0.2) is 24.3 Å². The Morgan fingerprint density at radius 2 is 2.10 bits per heavy atom. The molecule has 0 radical (unpaired) electrons. The molecule has 1 aliphatic rings. The molecule has 154 valence electrons. The van der Waals surface area contributed by atoms with Crippen LogP contribution < -0.4 is 20.9 Å². The van der Waals surface area contributed by atoms with Crippen LogP contribution >= 0.6 is 11.3 Å². The number of hydrogen-bond acceptors (Lipinski definition) is 8. The number of aromatic nitrogens is 4. The number of benzene rings is 1. The van der Waals surface area contributed by atoms with Crippen molar-refractivity contribution in [1.29, 1.82) is 0 Å². The molecule has 10 heteroatoms. The van der Waals surface area contributed by atoms with E-state index in [-0.39, 0.29) is 0 Å². The number of carbonyl (C=O) groups excluding carboxylic acids is 1. The first-order valence-corrected chi connectivity index (χ1v) is 10.5. The van der Waals surface area contributed by atoms with E-state index in [1.165, 1.54) is 11.3 Å². The molecule has 0 saturated heterocycles. The van der Waals surface area contributed by atoms with E-state index in [1.54, 1.807) is 19.1 Å². The number of rotatable bonds is 4. The van der Waals surface area contributed by atoms with E-state index in [0.29, 0.717) is 28.8 Å². The van der Waals surface area contributed by atoms with Crippen LogP contribution in [0.3, 0.4) is 0 Å². The van der Waals surface area contributed by atoms with Gasteiger partial charge in [0.2, 0.25) is 0 Å². The topological polar surface area (TPSA) is 131 Å². The fourth-order valence-electron chi connectivity index (χ4n) is 3.57. The zero-order chi connectivity index (χ0) is 20.8. The Hall–Kier alpha value is -3.40. The van der Waals surface area contributed by atoms with Gasteiger partial charge in [0.15, 0.2) is 17.1 Å². The van der Waals surface area contributed by atoms with Crippen molar-refractivity contribution in [1.82, 2.24) is 19.5 Å². The van der Waals surface area contributed by atoms with E-state index in [0.717, 1.165) is 46.8 Å². The van der Waals surface area contributed by atoms with Crippen molar-refractivity contribution in [2.45, 2.75) is 32.4 Å². The van der Waals surface area contributed by atoms with Gasteiger partial charge in [-0.1, -0.05) is 11.3 Å². The molecular formula is C20H20N6O3S. The largest absolute Gasteiger partial charge is 0.491 e. The summed E-state index contributed by atoms with van der Waals surface area (Å²) in [6, 6.07) is 7.39. The molecule has 4 N–H and O–H groups in total. The van der Waals surface area contributed by atoms with Gasteiger partial charge in [-0.2, -0.15) is 0 Å². The summed E-state index contributed by atoms with van der Waals surface area (Å²) in [7, 11) is 0. The van der Waals surface area contributed by atoms with Gasteiger partial charge in [-0.3, -0.25) is 4.79 Å². The number of carbonyl (C=O) groups is 1. The molecule has 4 aromatic rings. The molecular weight excluding hydrogens is 404 g/mol. The highest BCUT2D eigenvalue weighted by molar-refractivity contribution is 7.21. The number of pyridine rings is 1. The minimum atomic E-state index is -0.759. The van der Waals surface area contributed by atoms with Crippen molar-refractivity contribution >= 4 is 43.8 Å². The first kappa shape index (κ1) is 18.6. The number of ether oxygens (including phenoxy) is 2. The first-order chi connectivity index (χ1) is 14.5. The maximum Gasteiger partial charge on any atom is 0.258 e. The van der Waals surface area contributed by atoms with Crippen LogP contribution in [0.25, 0.3) is 32.9 Å². The number of anilines is 1. The van der Waals surface area contributed by atoms with Crippen LogP contribution in [-0.2, 0) is 11.3 Å². The Morgan fingerprint density at radius 3 is 2.93 bits per heavy atom. The zero-order valence-corrected chi connectivity index (χ0v) is 17.1. The van der Waals surface area contributed by atoms with Crippen LogP contribution in [-0.4, -0.2) is 38.1 Å². The van der Waals surface area contributed by atoms with Crippen LogP contribution in [0.4, 0.5) is 5.13 Å². The SMILES string of the molecule is CC(Oc1cc2c3c(c1)nc(-c1ccc4nc(N)sc4n1)n3CCCCO2)C(N)=O. The molecule has 1 aliphatic heterocycles. The second kappa shape index (κ2) is 7.13. The Labute approximate surface area is 175 Å². The monoisotopic (exact) mass is 424 g/mol. The summed E-state index contributed by atoms with van der Waals surface area (Å²) in [5.41, 5.74) is 14.3. The smallest absolute Gasteiger partial charge is 0.258 e. The number of nitrogens with zero attached hydrogens (tertiary/aromatic N) is 4. The average Bonchev–Trinajstić information content (AvgIpc) is 3.24. The first-order valence-electron chi connectivity index (χ1n) is 9.66. The van der Waals surface area contributed by atoms with Crippen molar-refractivity contribution in [3.63, 3.8) is 0 Å². The van der Waals surface area contributed by atoms with E-state index in [9.17, 15) is 4.79 Å². The Morgan fingerprint density at radius 1 is 1.23 bits per heavy atom. The van der Waals surface area contributed by atoms with Crippen molar-refractivity contribution in [3.05, 3.63) is 24.3 Å². The minimum absolute atomic E-state index is 0.485. The van der Waals surface area contributed by atoms with Gasteiger partial charge in [0.1, 0.15) is 33.1 Å². The van der Waals surface area contributed by atoms with Gasteiger partial charge in [0.25, 0.3) is 5.91 Å². The lowest BCUT2D eigenvalue weighted by atomic mass is 10.2. The fourth-order valence-corrected chi connectivity index (χ4v) is 4.28. The third-order valence-corrected chi connectivity index (χ3v) is 5.82. The van der Waals surface area contributed by atoms with E-state index in [1.807, 2.05) is 12.1 Å². The summed E-state index contributed by atoms with van der Waals surface area (Å²) >= 11 is 1.35. The third kappa shape index (κ3) is 3.18. The van der Waals surface area contributed by atoms with Gasteiger partial charge in [-0.05, 0) is 31.9 Å². The minimum Gasteiger partial charge on any atom is -0.491 e. The summed E-state index contributed by atoms with van der Waals surface area (Å²) < 4.78 is 13.8. The highest BCUT2D eigenvalue weighted by atomic mass is 32.1. The number of primary amides is 1. The molecule has 0 fully saturated rings. The normalized spacial score (nSPS) is 14.8. The Kier molecular flexibility index (Phi) is 4.43. The summed E-state index contributed by atoms with van der Waals surface area (Å²) in [4.78, 5) is 26.0. The predicted molar refractivity (Wildman–Crippen MR) is 115 cm³/mol. The second-order valence-electron chi connectivity index (χ2n) is 7.17. The van der Waals surface area contributed by atoms with Gasteiger partial charge in [0.05, 0.1) is 12.1 Å². The van der Waals surface area contributed by atoms with E-state index < -0.39 is 12.0 Å². The quantitative estimate of drug-likeness (QED) is 0.515. The lowest BCUT2D eigenvalue weighted by Gasteiger charge is -2.17. The molecule has 1 aromatic carbocycles. The molecule has 0 bridgehead atoms. The number of nitrogens with two attached hydrogens (primary N) is 2. The number of hydrogen-bond donors (Lipinski definition) is 2. The van der Waals surface area contributed by atoms with Crippen LogP contribution in [0.2, 0.25) is 0 Å². The molecule has 0 spiro atoms. The van der Waals surface area contributed by atoms with Crippen molar-refractivity contribution in [3.8, 4) is 23.0 Å². The molecule has 3 aromatic heterocycles. The second-order valence-corrected chi connectivity index (χ2v) is 8.18. The van der Waals surface area contributed by atoms with E-state index >= 15 is 0 Å². The van der Waals surface area contributed by atoms with E-state index in [4.69, 9.17) is 30.9 Å². The molecule has 5 rings (SSSR count). The van der Waals surface area contributed by atoms with Crippen molar-refractivity contribution in [2.75, 3.05) is 12.3 Å². The molecule has 0 aliphatic carbocycles. The highest BCUT2D eigenvalue weighted by Crippen LogP contribution is 2.37. The standard InChI is InChI=1S/C20H20N6O3S/c1-10(17(21)27)29-11-8-14-16-15(9-11)28-7-3-2-6-26(16)18(23-14)12-4-5-13-19(24-12)30-20(22)25-13/h4-5,8-10H,2-3,6-7H2,1H3,(H2,21,27)(H2,22,25). The molecule has 4 heterocycles. The number of amides is 1. The van der Waals surface area contributed by atoms with Gasteiger partial charge >= 0.3 is 0 Å². The number of nitrogen functional groups attached to an aromatic ring is 1. The van der Waals surface area contributed by atoms with Crippen LogP contribution in [0.1, 0.15) is 19.8 Å². The molecule has 0 saturated carbocycles. The van der Waals surface area contributed by atoms with Gasteiger partial charge in [0, 0.05) is 18.7 Å². The molecule has 9 nitrogen and oxygen atoms in total. The molecule has 1 atom stereocenters. The zero-order valence-electron chi connectivity index (χ0n) is 16.3. The summed E-state index contributed by atoms with van der Waals surface area (Å²) in [6.45, 7) is 3.01. The summed E-state index contributed by atoms with van der Waals surface area (Å²) in [6.07, 6.45) is 1.12. The number of thiazole rings is 1. The predicted octanol–water partition coefficient (Wildman–Crippen LogP) is 2.72. The molecule has 1 unspecified atom stereocenters. The number of aryl methyl sites for hydroxylation is 1. The van der Waals surface area contributed by atoms with Gasteiger partial charge < -0.3 is 25.5 Å². The highest BCUT2D eigenvalue weighted by Gasteiger charge is 2.22. The lowest BCUT2D eigenvalue weighted by molar-refractivity contribution is -0.123. The van der Waals surface area contributed by atoms with Gasteiger partial charge in [-0.15, -0.1) is 0 Å². The van der Waals surface area contributed by atoms with Crippen LogP contribution in [0, 0.1) is 0 Å². The molecule has 30 heavy (non-hydrogen) atoms. The maximum absolute atomic E-state index is 11.4. The van der Waals surface area contributed by atoms with Gasteiger partial charge in [-0.25, -0.2) is 15.0 Å². The van der Waals surface area contributed by atoms with Crippen LogP contribution in [0.5, 0.6) is 11.5 Å².